The van der Waals surface area contributed by atoms with Crippen molar-refractivity contribution in [3.8, 4) is 11.5 Å². The summed E-state index contributed by atoms with van der Waals surface area (Å²) < 4.78 is 24.1. The summed E-state index contributed by atoms with van der Waals surface area (Å²) >= 11 is 0. The number of hydrogen-bond donors (Lipinski definition) is 1. The highest BCUT2D eigenvalue weighted by Gasteiger charge is 2.33. The van der Waals surface area contributed by atoms with Crippen LogP contribution >= 0.6 is 0 Å². The zero-order valence-corrected chi connectivity index (χ0v) is 17.5. The first-order valence-corrected chi connectivity index (χ1v) is 9.90. The highest BCUT2D eigenvalue weighted by atomic mass is 19.1. The summed E-state index contributed by atoms with van der Waals surface area (Å²) in [6.45, 7) is 2.67. The summed E-state index contributed by atoms with van der Waals surface area (Å²) in [5.41, 5.74) is 1.68. The van der Waals surface area contributed by atoms with Crippen molar-refractivity contribution in [1.29, 1.82) is 0 Å². The van der Waals surface area contributed by atoms with Gasteiger partial charge in [-0.3, -0.25) is 9.59 Å². The largest absolute Gasteiger partial charge is 0.493 e. The minimum absolute atomic E-state index is 0.00706. The van der Waals surface area contributed by atoms with Gasteiger partial charge in [-0.2, -0.15) is 0 Å². The van der Waals surface area contributed by atoms with E-state index in [1.54, 1.807) is 31.3 Å². The van der Waals surface area contributed by atoms with Crippen molar-refractivity contribution >= 4 is 11.8 Å². The van der Waals surface area contributed by atoms with Crippen LogP contribution in [0.25, 0.3) is 0 Å². The van der Waals surface area contributed by atoms with Gasteiger partial charge >= 0.3 is 0 Å². The molecule has 0 aliphatic carbocycles. The van der Waals surface area contributed by atoms with Crippen LogP contribution in [0.1, 0.15) is 30.4 Å². The lowest BCUT2D eigenvalue weighted by Crippen LogP contribution is -2.47. The molecule has 2 amide bonds. The van der Waals surface area contributed by atoms with Gasteiger partial charge in [0.1, 0.15) is 5.82 Å². The van der Waals surface area contributed by atoms with E-state index in [2.05, 4.69) is 5.32 Å². The molecule has 160 valence electrons. The van der Waals surface area contributed by atoms with Gasteiger partial charge in [-0.15, -0.1) is 0 Å². The van der Waals surface area contributed by atoms with Gasteiger partial charge < -0.3 is 19.7 Å². The fourth-order valence-corrected chi connectivity index (χ4v) is 3.87. The standard InChI is InChI=1S/C23H27FN2O4/c1-15(27)26-13-18(17-7-8-21(29-2)22(11-17)30-3)10-19(14-26)23(28)25-12-16-5-4-6-20(24)9-16/h4-9,11,18-19H,10,12-14H2,1-3H3,(H,25,28)/t18-,19+/m0/s1. The second-order valence-electron chi connectivity index (χ2n) is 7.52. The Hall–Kier alpha value is -3.09. The lowest BCUT2D eigenvalue weighted by Gasteiger charge is -2.37. The van der Waals surface area contributed by atoms with Crippen LogP contribution in [-0.2, 0) is 16.1 Å². The number of rotatable bonds is 6. The molecule has 0 unspecified atom stereocenters. The summed E-state index contributed by atoms with van der Waals surface area (Å²) in [5.74, 6) is 0.336. The van der Waals surface area contributed by atoms with Crippen molar-refractivity contribution in [2.24, 2.45) is 5.92 Å². The number of amides is 2. The van der Waals surface area contributed by atoms with Crippen LogP contribution in [0.15, 0.2) is 42.5 Å². The molecule has 6 nitrogen and oxygen atoms in total. The molecule has 1 fully saturated rings. The van der Waals surface area contributed by atoms with E-state index in [9.17, 15) is 14.0 Å². The van der Waals surface area contributed by atoms with E-state index in [4.69, 9.17) is 9.47 Å². The Labute approximate surface area is 176 Å². The van der Waals surface area contributed by atoms with Crippen molar-refractivity contribution in [3.63, 3.8) is 0 Å². The molecule has 1 saturated heterocycles. The van der Waals surface area contributed by atoms with Gasteiger partial charge in [-0.1, -0.05) is 18.2 Å². The second-order valence-corrected chi connectivity index (χ2v) is 7.52. The van der Waals surface area contributed by atoms with Crippen molar-refractivity contribution in [2.75, 3.05) is 27.3 Å². The van der Waals surface area contributed by atoms with Crippen LogP contribution in [0.4, 0.5) is 4.39 Å². The fourth-order valence-electron chi connectivity index (χ4n) is 3.87. The van der Waals surface area contributed by atoms with E-state index in [1.165, 1.54) is 19.1 Å². The normalized spacial score (nSPS) is 18.6. The average molecular weight is 414 g/mol. The van der Waals surface area contributed by atoms with Crippen LogP contribution < -0.4 is 14.8 Å². The second kappa shape index (κ2) is 9.61. The molecule has 0 saturated carbocycles. The number of ether oxygens (including phenoxy) is 2. The number of halogens is 1. The van der Waals surface area contributed by atoms with Crippen LogP contribution in [-0.4, -0.2) is 44.0 Å². The number of carbonyl (C=O) groups is 2. The van der Waals surface area contributed by atoms with Crippen molar-refractivity contribution in [2.45, 2.75) is 25.8 Å². The quantitative estimate of drug-likeness (QED) is 0.789. The van der Waals surface area contributed by atoms with E-state index >= 15 is 0 Å². The molecule has 0 bridgehead atoms. The number of carbonyl (C=O) groups excluding carboxylic acids is 2. The van der Waals surface area contributed by atoms with Crippen LogP contribution in [0.3, 0.4) is 0 Å². The first-order chi connectivity index (χ1) is 14.4. The Morgan fingerprint density at radius 3 is 2.53 bits per heavy atom. The lowest BCUT2D eigenvalue weighted by atomic mass is 9.83. The van der Waals surface area contributed by atoms with Crippen LogP contribution in [0, 0.1) is 11.7 Å². The number of methoxy groups -OCH3 is 2. The number of hydrogen-bond acceptors (Lipinski definition) is 4. The highest BCUT2D eigenvalue weighted by molar-refractivity contribution is 5.81. The van der Waals surface area contributed by atoms with Gasteiger partial charge in [0.2, 0.25) is 11.8 Å². The van der Waals surface area contributed by atoms with Crippen molar-refractivity contribution < 1.29 is 23.5 Å². The predicted molar refractivity (Wildman–Crippen MR) is 111 cm³/mol. The Morgan fingerprint density at radius 1 is 1.10 bits per heavy atom. The summed E-state index contributed by atoms with van der Waals surface area (Å²) in [6, 6.07) is 11.8. The number of nitrogens with zero attached hydrogens (tertiary/aromatic N) is 1. The molecular weight excluding hydrogens is 387 g/mol. The number of benzene rings is 2. The van der Waals surface area contributed by atoms with E-state index in [0.717, 1.165) is 5.56 Å². The maximum absolute atomic E-state index is 13.4. The average Bonchev–Trinajstić information content (AvgIpc) is 2.76. The van der Waals surface area contributed by atoms with Gasteiger partial charge in [0, 0.05) is 32.5 Å². The zero-order valence-electron chi connectivity index (χ0n) is 17.5. The molecule has 7 heteroatoms. The third-order valence-corrected chi connectivity index (χ3v) is 5.50. The van der Waals surface area contributed by atoms with Gasteiger partial charge in [0.25, 0.3) is 0 Å². The van der Waals surface area contributed by atoms with Gasteiger partial charge in [0.15, 0.2) is 11.5 Å². The van der Waals surface area contributed by atoms with E-state index in [1.807, 2.05) is 18.2 Å². The molecule has 1 N–H and O–H groups in total. The van der Waals surface area contributed by atoms with Gasteiger partial charge in [0.05, 0.1) is 20.1 Å². The molecule has 1 aliphatic rings. The number of likely N-dealkylation sites (tertiary alicyclic amines) is 1. The third kappa shape index (κ3) is 5.09. The zero-order chi connectivity index (χ0) is 21.7. The summed E-state index contributed by atoms with van der Waals surface area (Å²) in [5, 5.41) is 2.88. The van der Waals surface area contributed by atoms with Crippen molar-refractivity contribution in [3.05, 3.63) is 59.4 Å². The molecule has 30 heavy (non-hydrogen) atoms. The molecule has 0 radical (unpaired) electrons. The lowest BCUT2D eigenvalue weighted by molar-refractivity contribution is -0.134. The molecular formula is C23H27FN2O4. The Kier molecular flexibility index (Phi) is 6.92. The number of piperidine rings is 1. The Bertz CT molecular complexity index is 918. The third-order valence-electron chi connectivity index (χ3n) is 5.50. The minimum Gasteiger partial charge on any atom is -0.493 e. The maximum Gasteiger partial charge on any atom is 0.225 e. The van der Waals surface area contributed by atoms with Crippen LogP contribution in [0.5, 0.6) is 11.5 Å². The summed E-state index contributed by atoms with van der Waals surface area (Å²) in [7, 11) is 3.15. The molecule has 2 aromatic rings. The topological polar surface area (TPSA) is 67.9 Å². The molecule has 3 rings (SSSR count). The monoisotopic (exact) mass is 414 g/mol. The molecule has 1 aliphatic heterocycles. The number of nitrogens with one attached hydrogen (secondary N) is 1. The maximum atomic E-state index is 13.4. The highest BCUT2D eigenvalue weighted by Crippen LogP contribution is 2.35. The summed E-state index contributed by atoms with van der Waals surface area (Å²) in [4.78, 5) is 26.6. The minimum atomic E-state index is -0.352. The predicted octanol–water partition coefficient (Wildman–Crippen LogP) is 3.11. The summed E-state index contributed by atoms with van der Waals surface area (Å²) in [6.07, 6.45) is 0.605. The molecule has 0 aromatic heterocycles. The van der Waals surface area contributed by atoms with Crippen LogP contribution in [0.2, 0.25) is 0 Å². The molecule has 2 atom stereocenters. The molecule has 2 aromatic carbocycles. The van der Waals surface area contributed by atoms with E-state index in [-0.39, 0.29) is 36.0 Å². The van der Waals surface area contributed by atoms with Gasteiger partial charge in [-0.25, -0.2) is 4.39 Å². The first kappa shape index (κ1) is 21.6. The fraction of sp³-hybridized carbons (Fsp3) is 0.391. The smallest absolute Gasteiger partial charge is 0.225 e. The Balaban J connectivity index is 1.75. The first-order valence-electron chi connectivity index (χ1n) is 9.90. The van der Waals surface area contributed by atoms with Crippen molar-refractivity contribution in [1.82, 2.24) is 10.2 Å². The van der Waals surface area contributed by atoms with Gasteiger partial charge in [-0.05, 0) is 41.8 Å². The van der Waals surface area contributed by atoms with E-state index < -0.39 is 0 Å². The Morgan fingerprint density at radius 2 is 1.87 bits per heavy atom. The molecule has 0 spiro atoms. The van der Waals surface area contributed by atoms with E-state index in [0.29, 0.717) is 36.6 Å². The SMILES string of the molecule is COc1ccc([C@H]2C[C@@H](C(=O)NCc3cccc(F)c3)CN(C(C)=O)C2)cc1OC. The molecule has 1 heterocycles.